The number of halogens is 8. The lowest BCUT2D eigenvalue weighted by Gasteiger charge is -2.41. The van der Waals surface area contributed by atoms with Crippen LogP contribution in [-0.2, 0) is 27.4 Å². The number of anilines is 1. The maximum Gasteiger partial charge on any atom is 0.416 e. The molecule has 2 aliphatic carbocycles. The molecule has 0 saturated carbocycles. The van der Waals surface area contributed by atoms with Gasteiger partial charge < -0.3 is 5.32 Å². The average molecular weight is 572 g/mol. The van der Waals surface area contributed by atoms with Gasteiger partial charge in [-0.1, -0.05) is 47.5 Å². The number of Topliss-reactive ketones (excluding diaryl/α,β-unsaturated/α-hetero) is 1. The summed E-state index contributed by atoms with van der Waals surface area (Å²) < 4.78 is 81.4. The van der Waals surface area contributed by atoms with Crippen molar-refractivity contribution in [3.05, 3.63) is 93.0 Å². The van der Waals surface area contributed by atoms with E-state index in [0.717, 1.165) is 0 Å². The van der Waals surface area contributed by atoms with Crippen molar-refractivity contribution in [2.24, 2.45) is 11.8 Å². The summed E-state index contributed by atoms with van der Waals surface area (Å²) in [7, 11) is 0. The van der Waals surface area contributed by atoms with Gasteiger partial charge in [-0.2, -0.15) is 26.3 Å². The van der Waals surface area contributed by atoms with Gasteiger partial charge in [0.2, 0.25) is 5.91 Å². The smallest absolute Gasteiger partial charge is 0.325 e. The Bertz CT molecular complexity index is 1420. The normalized spacial score (nSPS) is 25.3. The highest BCUT2D eigenvalue weighted by Gasteiger charge is 2.56. The van der Waals surface area contributed by atoms with E-state index >= 15 is 0 Å². The number of hydrogen-bond donors (Lipinski definition) is 1. The van der Waals surface area contributed by atoms with E-state index in [1.54, 1.807) is 24.3 Å². The first-order valence-corrected chi connectivity index (χ1v) is 12.2. The molecule has 0 saturated heterocycles. The topological polar surface area (TPSA) is 46.2 Å². The lowest BCUT2D eigenvalue weighted by molar-refractivity contribution is -0.143. The largest absolute Gasteiger partial charge is 0.416 e. The Hall–Kier alpha value is -3.04. The molecular weight excluding hydrogens is 555 g/mol. The first-order valence-electron chi connectivity index (χ1n) is 11.4. The van der Waals surface area contributed by atoms with Crippen LogP contribution >= 0.6 is 23.2 Å². The molecule has 0 fully saturated rings. The number of ketones is 1. The van der Waals surface area contributed by atoms with Crippen LogP contribution in [-0.4, -0.2) is 11.7 Å². The molecule has 11 heteroatoms. The predicted molar refractivity (Wildman–Crippen MR) is 130 cm³/mol. The molecule has 3 atom stereocenters. The molecule has 38 heavy (non-hydrogen) atoms. The summed E-state index contributed by atoms with van der Waals surface area (Å²) in [5.74, 6) is -2.36. The molecule has 2 aromatic carbocycles. The first kappa shape index (κ1) is 26.6. The van der Waals surface area contributed by atoms with Crippen molar-refractivity contribution in [2.75, 3.05) is 5.32 Å². The zero-order chi connectivity index (χ0) is 27.6. The van der Waals surface area contributed by atoms with Gasteiger partial charge in [0.1, 0.15) is 0 Å². The molecular formula is C27H17Cl2F6NO2. The van der Waals surface area contributed by atoms with Crippen LogP contribution in [0, 0.1) is 11.8 Å². The molecule has 1 spiro atoms. The van der Waals surface area contributed by atoms with Crippen molar-refractivity contribution in [1.29, 1.82) is 0 Å². The summed E-state index contributed by atoms with van der Waals surface area (Å²) >= 11 is 12.3. The van der Waals surface area contributed by atoms with Crippen LogP contribution in [0.5, 0.6) is 0 Å². The van der Waals surface area contributed by atoms with Crippen LogP contribution in [0.25, 0.3) is 5.57 Å². The summed E-state index contributed by atoms with van der Waals surface area (Å²) in [5.41, 5.74) is -4.87. The molecule has 198 valence electrons. The Morgan fingerprint density at radius 3 is 2.16 bits per heavy atom. The SMILES string of the molecule is O=C1C[C@@H](C2C=CC=C(Cl)C2)[C@@]2(C=C1c1cc(C(F)(F)F)cc(C(F)(F)F)c1)C(=O)Nc1cc(Cl)ccc12. The minimum absolute atomic E-state index is 0.00330. The Kier molecular flexibility index (Phi) is 6.30. The van der Waals surface area contributed by atoms with Crippen molar-refractivity contribution in [1.82, 2.24) is 0 Å². The zero-order valence-corrected chi connectivity index (χ0v) is 20.7. The molecule has 2 aromatic rings. The summed E-state index contributed by atoms with van der Waals surface area (Å²) in [4.78, 5) is 27.1. The van der Waals surface area contributed by atoms with E-state index in [0.29, 0.717) is 39.9 Å². The minimum Gasteiger partial charge on any atom is -0.325 e. The van der Waals surface area contributed by atoms with Crippen molar-refractivity contribution in [3.63, 3.8) is 0 Å². The van der Waals surface area contributed by atoms with Crippen molar-refractivity contribution >= 4 is 46.2 Å². The number of hydrogen-bond acceptors (Lipinski definition) is 2. The molecule has 3 nitrogen and oxygen atoms in total. The van der Waals surface area contributed by atoms with Gasteiger partial charge in [-0.3, -0.25) is 9.59 Å². The number of benzene rings is 2. The standard InChI is InChI=1S/C27H17Cl2F6NO2/c28-17-3-1-2-13(8-17)21-11-23(37)19(12-25(21)20-5-4-18(29)10-22(20)36-24(25)38)14-6-15(26(30,31)32)9-16(7-14)27(33,34)35/h1-7,9-10,12-13,21H,8,11H2,(H,36,38)/t13?,21-,25-/m0/s1. The minimum atomic E-state index is -5.10. The molecule has 0 aromatic heterocycles. The molecule has 5 rings (SSSR count). The molecule has 3 aliphatic rings. The molecule has 0 bridgehead atoms. The van der Waals surface area contributed by atoms with Crippen molar-refractivity contribution < 1.29 is 35.9 Å². The van der Waals surface area contributed by atoms with Gasteiger partial charge in [0.25, 0.3) is 0 Å². The Balaban J connectivity index is 1.76. The van der Waals surface area contributed by atoms with E-state index in [-0.39, 0.29) is 12.5 Å². The van der Waals surface area contributed by atoms with E-state index in [4.69, 9.17) is 23.2 Å². The van der Waals surface area contributed by atoms with Crippen molar-refractivity contribution in [3.8, 4) is 0 Å². The Morgan fingerprint density at radius 2 is 1.55 bits per heavy atom. The number of nitrogens with one attached hydrogen (secondary N) is 1. The molecule has 1 heterocycles. The number of fused-ring (bicyclic) bond motifs is 2. The third kappa shape index (κ3) is 4.45. The highest BCUT2D eigenvalue weighted by atomic mass is 35.5. The van der Waals surface area contributed by atoms with Gasteiger partial charge in [-0.15, -0.1) is 0 Å². The fraction of sp³-hybridized carbons (Fsp3) is 0.259. The third-order valence-corrected chi connectivity index (χ3v) is 7.71. The Morgan fingerprint density at radius 1 is 0.895 bits per heavy atom. The second-order valence-corrected chi connectivity index (χ2v) is 10.4. The second kappa shape index (κ2) is 9.02. The van der Waals surface area contributed by atoms with Crippen LogP contribution < -0.4 is 5.32 Å². The lowest BCUT2D eigenvalue weighted by Crippen LogP contribution is -2.47. The summed E-state index contributed by atoms with van der Waals surface area (Å²) in [6.07, 6.45) is -3.84. The van der Waals surface area contributed by atoms with E-state index in [9.17, 15) is 35.9 Å². The maximum absolute atomic E-state index is 13.6. The zero-order valence-electron chi connectivity index (χ0n) is 19.2. The van der Waals surface area contributed by atoms with Gasteiger partial charge >= 0.3 is 12.4 Å². The van der Waals surface area contributed by atoms with Crippen molar-refractivity contribution in [2.45, 2.75) is 30.6 Å². The molecule has 1 unspecified atom stereocenters. The van der Waals surface area contributed by atoms with Gasteiger partial charge in [0, 0.05) is 27.7 Å². The molecule has 1 N–H and O–H groups in total. The third-order valence-electron chi connectivity index (χ3n) is 7.20. The number of rotatable bonds is 2. The maximum atomic E-state index is 13.6. The number of allylic oxidation sites excluding steroid dienone is 5. The first-order chi connectivity index (χ1) is 17.7. The second-order valence-electron chi connectivity index (χ2n) is 9.47. The van der Waals surface area contributed by atoms with E-state index in [2.05, 4.69) is 5.32 Å². The highest BCUT2D eigenvalue weighted by Crippen LogP contribution is 2.54. The fourth-order valence-corrected chi connectivity index (χ4v) is 5.93. The van der Waals surface area contributed by atoms with Crippen LogP contribution in [0.3, 0.4) is 0 Å². The number of amides is 1. The van der Waals surface area contributed by atoms with Crippen LogP contribution in [0.15, 0.2) is 65.7 Å². The molecule has 1 amide bonds. The predicted octanol–water partition coefficient (Wildman–Crippen LogP) is 7.94. The average Bonchev–Trinajstić information content (AvgIpc) is 3.09. The van der Waals surface area contributed by atoms with Crippen LogP contribution in [0.1, 0.15) is 35.1 Å². The van der Waals surface area contributed by atoms with Gasteiger partial charge in [-0.25, -0.2) is 0 Å². The van der Waals surface area contributed by atoms with E-state index in [1.165, 1.54) is 18.2 Å². The fourth-order valence-electron chi connectivity index (χ4n) is 5.51. The lowest BCUT2D eigenvalue weighted by atomic mass is 9.59. The quantitative estimate of drug-likeness (QED) is 0.372. The van der Waals surface area contributed by atoms with Crippen LogP contribution in [0.2, 0.25) is 5.02 Å². The number of alkyl halides is 6. The molecule has 0 radical (unpaired) electrons. The van der Waals surface area contributed by atoms with Gasteiger partial charge in [0.15, 0.2) is 5.78 Å². The summed E-state index contributed by atoms with van der Waals surface area (Å²) in [6.45, 7) is 0. The van der Waals surface area contributed by atoms with E-state index < -0.39 is 63.6 Å². The highest BCUT2D eigenvalue weighted by molar-refractivity contribution is 6.31. The van der Waals surface area contributed by atoms with Gasteiger partial charge in [0.05, 0.1) is 16.5 Å². The number of carbonyl (C=O) groups is 2. The number of carbonyl (C=O) groups excluding carboxylic acids is 2. The molecule has 1 aliphatic heterocycles. The van der Waals surface area contributed by atoms with Gasteiger partial charge in [-0.05, 0) is 65.8 Å². The monoisotopic (exact) mass is 571 g/mol. The van der Waals surface area contributed by atoms with E-state index in [1.807, 2.05) is 0 Å². The van der Waals surface area contributed by atoms with Crippen LogP contribution in [0.4, 0.5) is 32.0 Å². The summed E-state index contributed by atoms with van der Waals surface area (Å²) in [6, 6.07) is 5.60. The Labute approximate surface area is 222 Å². The summed E-state index contributed by atoms with van der Waals surface area (Å²) in [5, 5.41) is 3.52.